The molecule has 2 N–H and O–H groups in total. The van der Waals surface area contributed by atoms with Gasteiger partial charge >= 0.3 is 0 Å². The van der Waals surface area contributed by atoms with Gasteiger partial charge in [-0.1, -0.05) is 12.1 Å². The van der Waals surface area contributed by atoms with Gasteiger partial charge in [0.05, 0.1) is 22.8 Å². The van der Waals surface area contributed by atoms with E-state index in [0.29, 0.717) is 41.3 Å². The summed E-state index contributed by atoms with van der Waals surface area (Å²) in [7, 11) is 0. The number of anilines is 2. The number of hydrogen-bond acceptors (Lipinski definition) is 5. The number of rotatable bonds is 9. The second-order valence-electron chi connectivity index (χ2n) is 12.8. The lowest BCUT2D eigenvalue weighted by Crippen LogP contribution is -2.16. The van der Waals surface area contributed by atoms with Crippen molar-refractivity contribution in [1.29, 1.82) is 0 Å². The number of hydrogen-bond donors (Lipinski definition) is 2. The molecule has 3 radical (unpaired) electrons. The third-order valence-electron chi connectivity index (χ3n) is 8.70. The van der Waals surface area contributed by atoms with Gasteiger partial charge in [0.25, 0.3) is 5.91 Å². The van der Waals surface area contributed by atoms with Gasteiger partial charge in [0.15, 0.2) is 0 Å². The van der Waals surface area contributed by atoms with Crippen LogP contribution < -0.4 is 10.6 Å². The molecule has 1 fully saturated rings. The predicted octanol–water partition coefficient (Wildman–Crippen LogP) is 9.87. The molecule has 0 saturated carbocycles. The second-order valence-corrected chi connectivity index (χ2v) is 12.8. The highest BCUT2D eigenvalue weighted by atomic mass is 19.2. The number of nitrogens with zero attached hydrogens (tertiary/aromatic N) is 4. The minimum atomic E-state index is -0.984. The number of benzene rings is 4. The Morgan fingerprint density at radius 1 is 0.649 bits per heavy atom. The maximum absolute atomic E-state index is 14.5. The summed E-state index contributed by atoms with van der Waals surface area (Å²) in [5.74, 6) is -5.22. The molecular weight excluding hydrogens is 745 g/mol. The summed E-state index contributed by atoms with van der Waals surface area (Å²) in [5, 5.41) is 13.8. The topological polar surface area (TPSA) is 86.0 Å². The van der Waals surface area contributed by atoms with E-state index >= 15 is 0 Å². The number of carbonyl (C=O) groups is 1. The van der Waals surface area contributed by atoms with Crippen LogP contribution in [0.1, 0.15) is 54.0 Å². The van der Waals surface area contributed by atoms with Crippen LogP contribution in [-0.4, -0.2) is 47.1 Å². The predicted molar refractivity (Wildman–Crippen MR) is 210 cm³/mol. The van der Waals surface area contributed by atoms with Gasteiger partial charge in [0.1, 0.15) is 40.5 Å². The Kier molecular flexibility index (Phi) is 15.7. The standard InChI is InChI=1S/C19H16F3N3O.C19H18F3N3.C4H8O.B/c1-3-25-17(9-11(2)24-25)13-8-7-12(10-16(13)22)23-19(26)18-14(20)5-4-6-15(18)21;1-3-25-19(9-12(2)24-25)14-8-7-13(10-18(14)22)23-11-15-16(20)5-4-6-17(15)21;1-2-4-5-3-1;/h4-10H,3H2,1-2H3,(H,23,26);4-10,23H,3,11H2,1-2H3;1-4H2;. The highest BCUT2D eigenvalue weighted by Crippen LogP contribution is 2.28. The Morgan fingerprint density at radius 3 is 1.54 bits per heavy atom. The quantitative estimate of drug-likeness (QED) is 0.113. The van der Waals surface area contributed by atoms with E-state index in [0.717, 1.165) is 48.9 Å². The molecule has 0 bridgehead atoms. The highest BCUT2D eigenvalue weighted by molar-refractivity contribution is 6.04. The molecule has 1 aliphatic rings. The summed E-state index contributed by atoms with van der Waals surface area (Å²) in [6.07, 6.45) is 2.56. The first-order chi connectivity index (χ1) is 26.9. The SMILES string of the molecule is C1CCOC1.CCn1nc(C)cc1-c1ccc(NC(=O)c2c(F)cccc2F)cc1F.CCn1nc(C)cc1-c1ccc(NCc2c(F)cccc2F)cc1F.[B]. The Bertz CT molecular complexity index is 2240. The van der Waals surface area contributed by atoms with Crippen LogP contribution in [0.25, 0.3) is 22.5 Å². The van der Waals surface area contributed by atoms with Gasteiger partial charge in [0, 0.05) is 69.3 Å². The van der Waals surface area contributed by atoms with Crippen LogP contribution in [0.5, 0.6) is 0 Å². The summed E-state index contributed by atoms with van der Waals surface area (Å²) in [6, 6.07) is 19.1. The zero-order valence-corrected chi connectivity index (χ0v) is 32.0. The Labute approximate surface area is 329 Å². The fourth-order valence-corrected chi connectivity index (χ4v) is 5.95. The first kappa shape index (κ1) is 43.9. The van der Waals surface area contributed by atoms with Crippen molar-refractivity contribution in [1.82, 2.24) is 19.6 Å². The van der Waals surface area contributed by atoms with Crippen LogP contribution in [0.15, 0.2) is 84.9 Å². The van der Waals surface area contributed by atoms with Crippen molar-refractivity contribution >= 4 is 25.7 Å². The number of halogens is 6. The molecule has 0 spiro atoms. The molecular formula is C42H42BF6N6O2. The van der Waals surface area contributed by atoms with Crippen LogP contribution in [0, 0.1) is 48.8 Å². The molecule has 1 amide bonds. The second kappa shape index (κ2) is 20.4. The van der Waals surface area contributed by atoms with Gasteiger partial charge in [-0.05, 0) is 113 Å². The van der Waals surface area contributed by atoms with Crippen molar-refractivity contribution in [2.75, 3.05) is 23.8 Å². The van der Waals surface area contributed by atoms with E-state index in [1.165, 1.54) is 49.2 Å². The molecule has 57 heavy (non-hydrogen) atoms. The van der Waals surface area contributed by atoms with E-state index in [1.807, 2.05) is 33.8 Å². The van der Waals surface area contributed by atoms with Crippen LogP contribution in [0.3, 0.4) is 0 Å². The van der Waals surface area contributed by atoms with Crippen molar-refractivity contribution in [2.24, 2.45) is 0 Å². The maximum Gasteiger partial charge on any atom is 0.261 e. The molecule has 7 rings (SSSR count). The van der Waals surface area contributed by atoms with E-state index in [2.05, 4.69) is 20.8 Å². The molecule has 2 aromatic heterocycles. The third kappa shape index (κ3) is 11.2. The smallest absolute Gasteiger partial charge is 0.261 e. The molecule has 1 saturated heterocycles. The number of ether oxygens (including phenoxy) is 1. The van der Waals surface area contributed by atoms with Crippen molar-refractivity contribution in [3.05, 3.63) is 142 Å². The molecule has 8 nitrogen and oxygen atoms in total. The molecule has 0 aliphatic carbocycles. The largest absolute Gasteiger partial charge is 0.381 e. The average molecular weight is 788 g/mol. The first-order valence-electron chi connectivity index (χ1n) is 18.1. The summed E-state index contributed by atoms with van der Waals surface area (Å²) in [4.78, 5) is 12.1. The monoisotopic (exact) mass is 787 g/mol. The van der Waals surface area contributed by atoms with Crippen LogP contribution in [0.2, 0.25) is 0 Å². The van der Waals surface area contributed by atoms with Crippen LogP contribution in [-0.2, 0) is 24.4 Å². The number of amides is 1. The number of aryl methyl sites for hydroxylation is 4. The summed E-state index contributed by atoms with van der Waals surface area (Å²) >= 11 is 0. The highest BCUT2D eigenvalue weighted by Gasteiger charge is 2.19. The molecule has 0 unspecified atom stereocenters. The summed E-state index contributed by atoms with van der Waals surface area (Å²) < 4.78 is 92.0. The number of aromatic nitrogens is 4. The minimum Gasteiger partial charge on any atom is -0.381 e. The summed E-state index contributed by atoms with van der Waals surface area (Å²) in [6.45, 7) is 10.6. The van der Waals surface area contributed by atoms with E-state index in [1.54, 1.807) is 27.6 Å². The Morgan fingerprint density at radius 2 is 1.11 bits per heavy atom. The molecule has 6 aromatic rings. The molecule has 0 atom stereocenters. The van der Waals surface area contributed by atoms with Crippen molar-refractivity contribution in [2.45, 2.75) is 60.2 Å². The minimum absolute atomic E-state index is 0. The van der Waals surface area contributed by atoms with E-state index < -0.39 is 46.4 Å². The lowest BCUT2D eigenvalue weighted by atomic mass is 10.1. The zero-order valence-electron chi connectivity index (χ0n) is 32.0. The van der Waals surface area contributed by atoms with Gasteiger partial charge in [-0.2, -0.15) is 10.2 Å². The molecule has 4 aromatic carbocycles. The molecule has 15 heteroatoms. The van der Waals surface area contributed by atoms with E-state index in [-0.39, 0.29) is 26.2 Å². The number of carbonyl (C=O) groups excluding carboxylic acids is 1. The van der Waals surface area contributed by atoms with Crippen molar-refractivity contribution in [3.8, 4) is 22.5 Å². The van der Waals surface area contributed by atoms with Gasteiger partial charge in [-0.3, -0.25) is 14.2 Å². The maximum atomic E-state index is 14.5. The lowest BCUT2D eigenvalue weighted by Gasteiger charge is -2.11. The first-order valence-corrected chi connectivity index (χ1v) is 18.1. The van der Waals surface area contributed by atoms with E-state index in [9.17, 15) is 31.1 Å². The van der Waals surface area contributed by atoms with Gasteiger partial charge in [0.2, 0.25) is 0 Å². The lowest BCUT2D eigenvalue weighted by molar-refractivity contribution is 0.101. The molecule has 297 valence electrons. The molecule has 3 heterocycles. The van der Waals surface area contributed by atoms with Crippen molar-refractivity contribution < 1.29 is 35.9 Å². The van der Waals surface area contributed by atoms with Gasteiger partial charge in [-0.15, -0.1) is 0 Å². The molecule has 1 aliphatic heterocycles. The normalized spacial score (nSPS) is 11.8. The average Bonchev–Trinajstić information content (AvgIpc) is 3.94. The third-order valence-corrected chi connectivity index (χ3v) is 8.70. The fourth-order valence-electron chi connectivity index (χ4n) is 5.95. The number of nitrogens with one attached hydrogen (secondary N) is 2. The fraction of sp³-hybridized carbons (Fsp3) is 0.262. The van der Waals surface area contributed by atoms with Gasteiger partial charge in [-0.25, -0.2) is 26.3 Å². The van der Waals surface area contributed by atoms with Gasteiger partial charge < -0.3 is 15.4 Å². The Balaban J connectivity index is 0.000000221. The van der Waals surface area contributed by atoms with Crippen LogP contribution >= 0.6 is 0 Å². The van der Waals surface area contributed by atoms with Crippen LogP contribution in [0.4, 0.5) is 37.7 Å². The zero-order chi connectivity index (χ0) is 40.4. The Hall–Kier alpha value is -5.83. The summed E-state index contributed by atoms with van der Waals surface area (Å²) in [5.41, 5.74) is 3.39. The van der Waals surface area contributed by atoms with Crippen molar-refractivity contribution in [3.63, 3.8) is 0 Å². The van der Waals surface area contributed by atoms with E-state index in [4.69, 9.17) is 4.74 Å².